The van der Waals surface area contributed by atoms with Crippen molar-refractivity contribution in [1.29, 1.82) is 0 Å². The molecule has 0 aromatic heterocycles. The van der Waals surface area contributed by atoms with E-state index in [2.05, 4.69) is 10.6 Å². The van der Waals surface area contributed by atoms with Crippen molar-refractivity contribution < 1.29 is 18.0 Å². The predicted octanol–water partition coefficient (Wildman–Crippen LogP) is 0.725. The van der Waals surface area contributed by atoms with Crippen molar-refractivity contribution in [3.05, 3.63) is 29.8 Å². The van der Waals surface area contributed by atoms with Crippen molar-refractivity contribution in [2.75, 3.05) is 19.6 Å². The number of nitrogens with one attached hydrogen (secondary N) is 2. The average Bonchev–Trinajstić information content (AvgIpc) is 3.34. The fraction of sp³-hybridized carbons (Fsp3) is 0.556. The topological polar surface area (TPSA) is 95.6 Å². The fourth-order valence-electron chi connectivity index (χ4n) is 4.19. The first-order valence-corrected chi connectivity index (χ1v) is 10.6. The van der Waals surface area contributed by atoms with Crippen LogP contribution in [0, 0.1) is 11.8 Å². The zero-order valence-corrected chi connectivity index (χ0v) is 15.3. The molecule has 2 N–H and O–H groups in total. The summed E-state index contributed by atoms with van der Waals surface area (Å²) in [5, 5.41) is 5.69. The van der Waals surface area contributed by atoms with Gasteiger partial charge >= 0.3 is 0 Å². The number of hydrogen-bond donors (Lipinski definition) is 2. The summed E-state index contributed by atoms with van der Waals surface area (Å²) in [6, 6.07) is 6.24. The summed E-state index contributed by atoms with van der Waals surface area (Å²) in [4.78, 5) is 24.0. The summed E-state index contributed by atoms with van der Waals surface area (Å²) >= 11 is 0. The highest BCUT2D eigenvalue weighted by atomic mass is 32.2. The number of nitrogens with zero attached hydrogens (tertiary/aromatic N) is 1. The maximum Gasteiger partial charge on any atom is 0.251 e. The first-order valence-electron chi connectivity index (χ1n) is 9.14. The van der Waals surface area contributed by atoms with Crippen LogP contribution in [0.4, 0.5) is 0 Å². The molecule has 3 fully saturated rings. The Morgan fingerprint density at radius 3 is 2.38 bits per heavy atom. The third kappa shape index (κ3) is 3.23. The summed E-state index contributed by atoms with van der Waals surface area (Å²) in [5.74, 6) is 0.794. The highest BCUT2D eigenvalue weighted by Gasteiger charge is 2.51. The molecule has 1 saturated heterocycles. The Morgan fingerprint density at radius 2 is 1.77 bits per heavy atom. The van der Waals surface area contributed by atoms with E-state index in [-0.39, 0.29) is 35.8 Å². The molecule has 2 atom stereocenters. The molecule has 8 heteroatoms. The van der Waals surface area contributed by atoms with E-state index in [1.54, 1.807) is 0 Å². The van der Waals surface area contributed by atoms with E-state index in [0.29, 0.717) is 23.9 Å². The Kier molecular flexibility index (Phi) is 4.48. The smallest absolute Gasteiger partial charge is 0.251 e. The number of amides is 2. The number of fused-ring (bicyclic) bond motifs is 1. The normalized spacial score (nSPS) is 28.8. The molecule has 0 unspecified atom stereocenters. The molecule has 1 aliphatic heterocycles. The molecule has 4 rings (SSSR count). The van der Waals surface area contributed by atoms with Crippen molar-refractivity contribution in [2.24, 2.45) is 11.8 Å². The van der Waals surface area contributed by atoms with Gasteiger partial charge in [0.05, 0.1) is 11.4 Å². The molecule has 2 saturated carbocycles. The third-order valence-electron chi connectivity index (χ3n) is 5.71. The highest BCUT2D eigenvalue weighted by Crippen LogP contribution is 2.49. The van der Waals surface area contributed by atoms with Crippen LogP contribution in [0.2, 0.25) is 0 Å². The summed E-state index contributed by atoms with van der Waals surface area (Å²) in [7, 11) is -3.72. The third-order valence-corrected chi connectivity index (χ3v) is 7.57. The highest BCUT2D eigenvalue weighted by molar-refractivity contribution is 7.89. The van der Waals surface area contributed by atoms with Crippen LogP contribution >= 0.6 is 0 Å². The van der Waals surface area contributed by atoms with Crippen LogP contribution in [0.3, 0.4) is 0 Å². The quantitative estimate of drug-likeness (QED) is 0.808. The van der Waals surface area contributed by atoms with Crippen molar-refractivity contribution >= 4 is 21.8 Å². The molecule has 2 amide bonds. The molecule has 2 aliphatic carbocycles. The standard InChI is InChI=1S/C18H23N3O4S/c22-16-11-21(10-9-19-16)26(24,25)13-7-5-12(6-8-13)18(23)20-17-14-3-1-2-4-15(14)17/h5-8,14-15,17H,1-4,9-11H2,(H,19,22)(H,20,23)/t14-,15-/m0/s1. The molecule has 0 radical (unpaired) electrons. The summed E-state index contributed by atoms with van der Waals surface area (Å²) in [6.07, 6.45) is 4.87. The molecular formula is C18H23N3O4S. The molecule has 0 bridgehead atoms. The van der Waals surface area contributed by atoms with E-state index < -0.39 is 10.0 Å². The lowest BCUT2D eigenvalue weighted by atomic mass is 10.0. The van der Waals surface area contributed by atoms with Gasteiger partial charge in [0.1, 0.15) is 0 Å². The summed E-state index contributed by atoms with van der Waals surface area (Å²) in [5.41, 5.74) is 0.462. The van der Waals surface area contributed by atoms with E-state index in [1.807, 2.05) is 0 Å². The fourth-order valence-corrected chi connectivity index (χ4v) is 5.59. The maximum absolute atomic E-state index is 12.6. The van der Waals surface area contributed by atoms with Crippen LogP contribution in [0.15, 0.2) is 29.2 Å². The van der Waals surface area contributed by atoms with E-state index in [9.17, 15) is 18.0 Å². The number of hydrogen-bond acceptors (Lipinski definition) is 4. The van der Waals surface area contributed by atoms with Crippen molar-refractivity contribution in [2.45, 2.75) is 36.6 Å². The van der Waals surface area contributed by atoms with Crippen LogP contribution in [0.25, 0.3) is 0 Å². The lowest BCUT2D eigenvalue weighted by Gasteiger charge is -2.25. The number of carbonyl (C=O) groups excluding carboxylic acids is 2. The van der Waals surface area contributed by atoms with Crippen LogP contribution in [-0.4, -0.2) is 50.2 Å². The van der Waals surface area contributed by atoms with Gasteiger partial charge in [-0.25, -0.2) is 8.42 Å². The minimum Gasteiger partial charge on any atom is -0.354 e. The Balaban J connectivity index is 1.43. The van der Waals surface area contributed by atoms with Crippen molar-refractivity contribution in [1.82, 2.24) is 14.9 Å². The second-order valence-electron chi connectivity index (χ2n) is 7.32. The Labute approximate surface area is 153 Å². The van der Waals surface area contributed by atoms with Crippen molar-refractivity contribution in [3.8, 4) is 0 Å². The van der Waals surface area contributed by atoms with Gasteiger partial charge in [-0.2, -0.15) is 4.31 Å². The Hall–Kier alpha value is -1.93. The van der Waals surface area contributed by atoms with Gasteiger partial charge in [0.25, 0.3) is 5.91 Å². The van der Waals surface area contributed by atoms with Gasteiger partial charge in [0.2, 0.25) is 15.9 Å². The number of benzene rings is 1. The van der Waals surface area contributed by atoms with Gasteiger partial charge < -0.3 is 10.6 Å². The van der Waals surface area contributed by atoms with E-state index in [4.69, 9.17) is 0 Å². The lowest BCUT2D eigenvalue weighted by Crippen LogP contribution is -2.49. The van der Waals surface area contributed by atoms with Crippen LogP contribution in [0.1, 0.15) is 36.0 Å². The molecule has 3 aliphatic rings. The molecular weight excluding hydrogens is 354 g/mol. The number of piperazine rings is 1. The molecule has 7 nitrogen and oxygen atoms in total. The van der Waals surface area contributed by atoms with Gasteiger partial charge in [0, 0.05) is 24.7 Å². The van der Waals surface area contributed by atoms with Gasteiger partial charge in [-0.15, -0.1) is 0 Å². The first-order chi connectivity index (χ1) is 12.5. The SMILES string of the molecule is O=C1CN(S(=O)(=O)c2ccc(C(=O)NC3[C@H]4CCCC[C@H]34)cc2)CCN1. The summed E-state index contributed by atoms with van der Waals surface area (Å²) < 4.78 is 26.4. The van der Waals surface area contributed by atoms with E-state index in [1.165, 1.54) is 49.9 Å². The lowest BCUT2D eigenvalue weighted by molar-refractivity contribution is -0.122. The average molecular weight is 377 g/mol. The van der Waals surface area contributed by atoms with Crippen LogP contribution in [-0.2, 0) is 14.8 Å². The van der Waals surface area contributed by atoms with Gasteiger partial charge in [-0.3, -0.25) is 9.59 Å². The van der Waals surface area contributed by atoms with Crippen molar-refractivity contribution in [3.63, 3.8) is 0 Å². The number of sulfonamides is 1. The molecule has 1 heterocycles. The second-order valence-corrected chi connectivity index (χ2v) is 9.26. The Morgan fingerprint density at radius 1 is 1.12 bits per heavy atom. The van der Waals surface area contributed by atoms with Crippen LogP contribution < -0.4 is 10.6 Å². The minimum absolute atomic E-state index is 0.101. The second kappa shape index (κ2) is 6.66. The first kappa shape index (κ1) is 17.5. The maximum atomic E-state index is 12.6. The number of rotatable bonds is 4. The number of carbonyl (C=O) groups is 2. The molecule has 1 aromatic rings. The molecule has 26 heavy (non-hydrogen) atoms. The minimum atomic E-state index is -3.72. The Bertz CT molecular complexity index is 809. The van der Waals surface area contributed by atoms with E-state index >= 15 is 0 Å². The molecule has 140 valence electrons. The largest absolute Gasteiger partial charge is 0.354 e. The van der Waals surface area contributed by atoms with Gasteiger partial charge in [0.15, 0.2) is 0 Å². The van der Waals surface area contributed by atoms with E-state index in [0.717, 1.165) is 4.31 Å². The monoisotopic (exact) mass is 377 g/mol. The zero-order valence-electron chi connectivity index (χ0n) is 14.5. The van der Waals surface area contributed by atoms with Gasteiger partial charge in [-0.05, 0) is 48.9 Å². The molecule has 0 spiro atoms. The van der Waals surface area contributed by atoms with Gasteiger partial charge in [-0.1, -0.05) is 12.8 Å². The summed E-state index contributed by atoms with van der Waals surface area (Å²) in [6.45, 7) is 0.387. The molecule has 1 aromatic carbocycles. The predicted molar refractivity (Wildman–Crippen MR) is 94.9 cm³/mol. The zero-order chi connectivity index (χ0) is 18.3. The van der Waals surface area contributed by atoms with Crippen LogP contribution in [0.5, 0.6) is 0 Å².